The van der Waals surface area contributed by atoms with Crippen molar-refractivity contribution in [3.8, 4) is 0 Å². The Bertz CT molecular complexity index is 1070. The van der Waals surface area contributed by atoms with Crippen LogP contribution in [0.4, 0.5) is 0 Å². The van der Waals surface area contributed by atoms with Crippen LogP contribution in [0.1, 0.15) is 18.4 Å². The average Bonchev–Trinajstić information content (AvgIpc) is 3.20. The molecule has 1 aromatic heterocycles. The Hall–Kier alpha value is -2.53. The van der Waals surface area contributed by atoms with Gasteiger partial charge in [0.15, 0.2) is 0 Å². The van der Waals surface area contributed by atoms with Gasteiger partial charge in [-0.3, -0.25) is 4.98 Å². The fourth-order valence-corrected chi connectivity index (χ4v) is 4.66. The summed E-state index contributed by atoms with van der Waals surface area (Å²) in [6.45, 7) is 2.25. The minimum Gasteiger partial charge on any atom is -0.255 e. The third-order valence-electron chi connectivity index (χ3n) is 4.84. The molecular weight excluding hydrogens is 344 g/mol. The molecular formula is C21H21N2O2S+. The van der Waals surface area contributed by atoms with Crippen LogP contribution in [0.2, 0.25) is 0 Å². The predicted molar refractivity (Wildman–Crippen MR) is 103 cm³/mol. The molecule has 1 fully saturated rings. The van der Waals surface area contributed by atoms with E-state index in [4.69, 9.17) is 0 Å². The molecule has 0 spiro atoms. The number of sulfone groups is 1. The van der Waals surface area contributed by atoms with E-state index >= 15 is 0 Å². The number of hydrogen-bond donors (Lipinski definition) is 0. The zero-order valence-electron chi connectivity index (χ0n) is 14.5. The Morgan fingerprint density at radius 1 is 0.962 bits per heavy atom. The number of para-hydroxylation sites is 1. The van der Waals surface area contributed by atoms with Crippen LogP contribution in [0.25, 0.3) is 10.9 Å². The molecule has 132 valence electrons. The predicted octanol–water partition coefficient (Wildman–Crippen LogP) is 3.49. The van der Waals surface area contributed by atoms with Gasteiger partial charge in [0.05, 0.1) is 21.7 Å². The van der Waals surface area contributed by atoms with Crippen LogP contribution in [0.3, 0.4) is 0 Å². The number of fused-ring (bicyclic) bond motifs is 1. The van der Waals surface area contributed by atoms with E-state index < -0.39 is 9.84 Å². The SMILES string of the molecule is O=S(=O)(c1ccccc1)c1cnc2c(CC=[N+]3CCCC3)cccc2c1. The molecule has 1 aliphatic heterocycles. The van der Waals surface area contributed by atoms with E-state index in [1.807, 2.05) is 12.1 Å². The van der Waals surface area contributed by atoms with Crippen molar-refractivity contribution < 1.29 is 13.0 Å². The highest BCUT2D eigenvalue weighted by molar-refractivity contribution is 7.91. The number of benzene rings is 2. The van der Waals surface area contributed by atoms with Gasteiger partial charge in [-0.1, -0.05) is 36.4 Å². The summed E-state index contributed by atoms with van der Waals surface area (Å²) in [6, 6.07) is 16.2. The summed E-state index contributed by atoms with van der Waals surface area (Å²) in [5, 5.41) is 0.856. The Morgan fingerprint density at radius 3 is 2.50 bits per heavy atom. The Balaban J connectivity index is 1.71. The lowest BCUT2D eigenvalue weighted by Crippen LogP contribution is -2.09. The molecule has 4 rings (SSSR count). The molecule has 0 bridgehead atoms. The Morgan fingerprint density at radius 2 is 1.73 bits per heavy atom. The van der Waals surface area contributed by atoms with E-state index in [0.29, 0.717) is 4.90 Å². The Kier molecular flexibility index (Phi) is 4.55. The third kappa shape index (κ3) is 3.27. The summed E-state index contributed by atoms with van der Waals surface area (Å²) in [6.07, 6.45) is 7.03. The number of hydrogen-bond acceptors (Lipinski definition) is 3. The van der Waals surface area contributed by atoms with E-state index in [1.54, 1.807) is 36.4 Å². The molecule has 0 radical (unpaired) electrons. The molecule has 0 saturated carbocycles. The normalized spacial score (nSPS) is 14.7. The zero-order valence-corrected chi connectivity index (χ0v) is 15.3. The average molecular weight is 365 g/mol. The number of pyridine rings is 1. The summed E-state index contributed by atoms with van der Waals surface area (Å²) in [5.74, 6) is 0. The lowest BCUT2D eigenvalue weighted by molar-refractivity contribution is -0.502. The van der Waals surface area contributed by atoms with Crippen molar-refractivity contribution in [2.45, 2.75) is 29.1 Å². The molecule has 1 aliphatic rings. The van der Waals surface area contributed by atoms with Crippen molar-refractivity contribution in [1.29, 1.82) is 0 Å². The van der Waals surface area contributed by atoms with Gasteiger partial charge in [0.25, 0.3) is 0 Å². The summed E-state index contributed by atoms with van der Waals surface area (Å²) in [4.78, 5) is 5.03. The smallest absolute Gasteiger partial charge is 0.208 e. The first-order valence-corrected chi connectivity index (χ1v) is 10.4. The molecule has 0 aliphatic carbocycles. The molecule has 2 heterocycles. The van der Waals surface area contributed by atoms with Crippen molar-refractivity contribution in [1.82, 2.24) is 4.98 Å². The van der Waals surface area contributed by atoms with Gasteiger partial charge in [-0.25, -0.2) is 13.0 Å². The standard InChI is InChI=1S/C21H21N2O2S/c24-26(25,19-9-2-1-3-10-19)20-15-18-8-6-7-17(21(18)22-16-20)11-14-23-12-4-5-13-23/h1-3,6-10,14-16H,4-5,11-13H2/q+1. The second kappa shape index (κ2) is 7.00. The molecule has 4 nitrogen and oxygen atoms in total. The van der Waals surface area contributed by atoms with E-state index in [1.165, 1.54) is 19.0 Å². The largest absolute Gasteiger partial charge is 0.255 e. The first kappa shape index (κ1) is 16.9. The van der Waals surface area contributed by atoms with Gasteiger partial charge < -0.3 is 0 Å². The van der Waals surface area contributed by atoms with Crippen molar-refractivity contribution in [3.05, 3.63) is 66.4 Å². The molecule has 0 N–H and O–H groups in total. The topological polar surface area (TPSA) is 50.0 Å². The van der Waals surface area contributed by atoms with Crippen LogP contribution in [0.15, 0.2) is 70.6 Å². The van der Waals surface area contributed by atoms with Gasteiger partial charge in [0.2, 0.25) is 9.84 Å². The van der Waals surface area contributed by atoms with Crippen LogP contribution in [-0.4, -0.2) is 37.3 Å². The molecule has 26 heavy (non-hydrogen) atoms. The monoisotopic (exact) mass is 365 g/mol. The van der Waals surface area contributed by atoms with Gasteiger partial charge in [0, 0.05) is 24.4 Å². The van der Waals surface area contributed by atoms with Gasteiger partial charge >= 0.3 is 0 Å². The van der Waals surface area contributed by atoms with Crippen molar-refractivity contribution >= 4 is 27.0 Å². The first-order valence-electron chi connectivity index (χ1n) is 8.90. The number of rotatable bonds is 4. The van der Waals surface area contributed by atoms with Gasteiger partial charge in [-0.15, -0.1) is 0 Å². The molecule has 1 saturated heterocycles. The zero-order chi connectivity index (χ0) is 18.0. The third-order valence-corrected chi connectivity index (χ3v) is 6.58. The van der Waals surface area contributed by atoms with Gasteiger partial charge in [-0.2, -0.15) is 0 Å². The van der Waals surface area contributed by atoms with Crippen LogP contribution >= 0.6 is 0 Å². The van der Waals surface area contributed by atoms with E-state index in [0.717, 1.165) is 36.0 Å². The van der Waals surface area contributed by atoms with Gasteiger partial charge in [0.1, 0.15) is 19.3 Å². The summed E-state index contributed by atoms with van der Waals surface area (Å²) in [7, 11) is -3.55. The quantitative estimate of drug-likeness (QED) is 0.665. The van der Waals surface area contributed by atoms with Crippen molar-refractivity contribution in [3.63, 3.8) is 0 Å². The van der Waals surface area contributed by atoms with Crippen LogP contribution < -0.4 is 0 Å². The summed E-state index contributed by atoms with van der Waals surface area (Å²) in [5.41, 5.74) is 1.99. The van der Waals surface area contributed by atoms with Crippen LogP contribution in [0, 0.1) is 0 Å². The Labute approximate surface area is 153 Å². The fraction of sp³-hybridized carbons (Fsp3) is 0.238. The first-order chi connectivity index (χ1) is 12.6. The highest BCUT2D eigenvalue weighted by Crippen LogP contribution is 2.24. The molecule has 0 amide bonds. The maximum atomic E-state index is 12.8. The summed E-state index contributed by atoms with van der Waals surface area (Å²) >= 11 is 0. The maximum Gasteiger partial charge on any atom is 0.208 e. The van der Waals surface area contributed by atoms with Gasteiger partial charge in [-0.05, 0) is 23.8 Å². The van der Waals surface area contributed by atoms with Crippen LogP contribution in [0.5, 0.6) is 0 Å². The molecule has 3 aromatic rings. The maximum absolute atomic E-state index is 12.8. The second-order valence-corrected chi connectivity index (χ2v) is 8.56. The second-order valence-electron chi connectivity index (χ2n) is 6.61. The fourth-order valence-electron chi connectivity index (χ4n) is 3.40. The van der Waals surface area contributed by atoms with Crippen molar-refractivity contribution in [2.24, 2.45) is 0 Å². The van der Waals surface area contributed by atoms with Crippen molar-refractivity contribution in [2.75, 3.05) is 13.1 Å². The van der Waals surface area contributed by atoms with E-state index in [2.05, 4.69) is 21.8 Å². The molecule has 2 aromatic carbocycles. The highest BCUT2D eigenvalue weighted by Gasteiger charge is 2.19. The number of nitrogens with zero attached hydrogens (tertiary/aromatic N) is 2. The van der Waals surface area contributed by atoms with Crippen LogP contribution in [-0.2, 0) is 16.3 Å². The summed E-state index contributed by atoms with van der Waals surface area (Å²) < 4.78 is 28.0. The lowest BCUT2D eigenvalue weighted by Gasteiger charge is -2.07. The van der Waals surface area contributed by atoms with E-state index in [9.17, 15) is 8.42 Å². The molecule has 0 unspecified atom stereocenters. The molecule has 0 atom stereocenters. The minimum atomic E-state index is -3.55. The minimum absolute atomic E-state index is 0.233. The lowest BCUT2D eigenvalue weighted by atomic mass is 10.1. The molecule has 5 heteroatoms. The van der Waals surface area contributed by atoms with E-state index in [-0.39, 0.29) is 4.90 Å². The highest BCUT2D eigenvalue weighted by atomic mass is 32.2. The number of aromatic nitrogens is 1.